The second kappa shape index (κ2) is 7.71. The molecule has 2 aliphatic heterocycles. The molecule has 2 heterocycles. The second-order valence-corrected chi connectivity index (χ2v) is 9.97. The van der Waals surface area contributed by atoms with Gasteiger partial charge in [-0.15, -0.1) is 11.8 Å². The molecule has 2 amide bonds. The molecule has 30 heavy (non-hydrogen) atoms. The summed E-state index contributed by atoms with van der Waals surface area (Å²) >= 11 is 7.64. The van der Waals surface area contributed by atoms with Crippen molar-refractivity contribution in [2.75, 3.05) is 14.2 Å². The minimum atomic E-state index is -0.623. The number of methoxy groups -OCH3 is 2. The highest BCUT2D eigenvalue weighted by molar-refractivity contribution is 8.01. The molecule has 2 aliphatic rings. The SMILES string of the molecule is COc1ccc2c(c1OC)C(=O)N1C2SC(C)(C)C1C(=O)NCc1cccc(Cl)c1. The maximum Gasteiger partial charge on any atom is 0.260 e. The zero-order chi connectivity index (χ0) is 21.6. The molecule has 0 aliphatic carbocycles. The van der Waals surface area contributed by atoms with E-state index in [1.54, 1.807) is 28.8 Å². The van der Waals surface area contributed by atoms with Crippen molar-refractivity contribution in [3.8, 4) is 11.5 Å². The average Bonchev–Trinajstić information content (AvgIpc) is 3.14. The lowest BCUT2D eigenvalue weighted by Crippen LogP contribution is -2.52. The molecule has 0 bridgehead atoms. The topological polar surface area (TPSA) is 67.9 Å². The van der Waals surface area contributed by atoms with E-state index in [1.165, 1.54) is 14.2 Å². The van der Waals surface area contributed by atoms with Crippen LogP contribution in [-0.2, 0) is 11.3 Å². The molecule has 0 radical (unpaired) electrons. The third kappa shape index (κ3) is 3.30. The van der Waals surface area contributed by atoms with Gasteiger partial charge in [0.1, 0.15) is 11.4 Å². The van der Waals surface area contributed by atoms with E-state index in [-0.39, 0.29) is 17.2 Å². The van der Waals surface area contributed by atoms with Crippen molar-refractivity contribution in [2.24, 2.45) is 0 Å². The zero-order valence-electron chi connectivity index (χ0n) is 17.2. The Labute approximate surface area is 184 Å². The summed E-state index contributed by atoms with van der Waals surface area (Å²) in [6, 6.07) is 10.4. The maximum absolute atomic E-state index is 13.4. The molecule has 2 aromatic carbocycles. The van der Waals surface area contributed by atoms with Crippen LogP contribution in [0, 0.1) is 0 Å². The minimum Gasteiger partial charge on any atom is -0.493 e. The maximum atomic E-state index is 13.4. The van der Waals surface area contributed by atoms with Gasteiger partial charge in [-0.3, -0.25) is 9.59 Å². The molecule has 6 nitrogen and oxygen atoms in total. The van der Waals surface area contributed by atoms with Gasteiger partial charge >= 0.3 is 0 Å². The molecule has 4 rings (SSSR count). The molecule has 8 heteroatoms. The molecule has 2 unspecified atom stereocenters. The number of ether oxygens (including phenoxy) is 2. The summed E-state index contributed by atoms with van der Waals surface area (Å²) in [5.41, 5.74) is 2.22. The fourth-order valence-corrected chi connectivity index (χ4v) is 5.98. The monoisotopic (exact) mass is 446 g/mol. The van der Waals surface area contributed by atoms with Gasteiger partial charge in [-0.1, -0.05) is 29.8 Å². The number of carbonyl (C=O) groups excluding carboxylic acids is 2. The number of carbonyl (C=O) groups is 2. The lowest BCUT2D eigenvalue weighted by molar-refractivity contribution is -0.126. The molecule has 2 aromatic rings. The summed E-state index contributed by atoms with van der Waals surface area (Å²) in [7, 11) is 3.05. The number of hydrogen-bond acceptors (Lipinski definition) is 5. The summed E-state index contributed by atoms with van der Waals surface area (Å²) < 4.78 is 10.4. The van der Waals surface area contributed by atoms with Crippen molar-refractivity contribution < 1.29 is 19.1 Å². The van der Waals surface area contributed by atoms with E-state index in [0.717, 1.165) is 11.1 Å². The molecular formula is C22H23ClN2O4S. The smallest absolute Gasteiger partial charge is 0.260 e. The largest absolute Gasteiger partial charge is 0.493 e. The van der Waals surface area contributed by atoms with Crippen LogP contribution < -0.4 is 14.8 Å². The van der Waals surface area contributed by atoms with Crippen LogP contribution in [0.1, 0.15) is 40.7 Å². The third-order valence-corrected chi connectivity index (χ3v) is 7.27. The normalized spacial score (nSPS) is 21.2. The van der Waals surface area contributed by atoms with Crippen LogP contribution in [0.25, 0.3) is 0 Å². The van der Waals surface area contributed by atoms with Crippen molar-refractivity contribution in [1.82, 2.24) is 10.2 Å². The molecule has 0 spiro atoms. The van der Waals surface area contributed by atoms with Crippen molar-refractivity contribution in [1.29, 1.82) is 0 Å². The molecular weight excluding hydrogens is 424 g/mol. The van der Waals surface area contributed by atoms with Crippen LogP contribution in [0.2, 0.25) is 5.02 Å². The number of fused-ring (bicyclic) bond motifs is 3. The quantitative estimate of drug-likeness (QED) is 0.751. The Morgan fingerprint density at radius 3 is 2.67 bits per heavy atom. The molecule has 1 fully saturated rings. The van der Waals surface area contributed by atoms with Crippen LogP contribution in [-0.4, -0.2) is 41.7 Å². The van der Waals surface area contributed by atoms with E-state index in [4.69, 9.17) is 21.1 Å². The number of benzene rings is 2. The highest BCUT2D eigenvalue weighted by Gasteiger charge is 2.58. The van der Waals surface area contributed by atoms with Crippen molar-refractivity contribution in [3.63, 3.8) is 0 Å². The number of rotatable bonds is 5. The van der Waals surface area contributed by atoms with E-state index in [1.807, 2.05) is 38.1 Å². The Morgan fingerprint density at radius 2 is 2.00 bits per heavy atom. The number of hydrogen-bond donors (Lipinski definition) is 1. The first-order valence-corrected chi connectivity index (χ1v) is 10.8. The lowest BCUT2D eigenvalue weighted by Gasteiger charge is -2.29. The van der Waals surface area contributed by atoms with Crippen LogP contribution in [0.3, 0.4) is 0 Å². The molecule has 1 saturated heterocycles. The van der Waals surface area contributed by atoms with Crippen molar-refractivity contribution in [2.45, 2.75) is 36.6 Å². The first-order chi connectivity index (χ1) is 14.3. The fraction of sp³-hybridized carbons (Fsp3) is 0.364. The molecule has 0 saturated carbocycles. The van der Waals surface area contributed by atoms with Gasteiger partial charge in [0.15, 0.2) is 11.5 Å². The Bertz CT molecular complexity index is 1030. The van der Waals surface area contributed by atoms with Gasteiger partial charge in [0, 0.05) is 21.9 Å². The Kier molecular flexibility index (Phi) is 5.36. The van der Waals surface area contributed by atoms with Gasteiger partial charge in [0.2, 0.25) is 5.91 Å². The highest BCUT2D eigenvalue weighted by atomic mass is 35.5. The van der Waals surface area contributed by atoms with Crippen LogP contribution in [0.4, 0.5) is 0 Å². The van der Waals surface area contributed by atoms with Crippen molar-refractivity contribution >= 4 is 35.2 Å². The summed E-state index contributed by atoms with van der Waals surface area (Å²) in [5.74, 6) is 0.497. The molecule has 0 aromatic heterocycles. The number of halogens is 1. The van der Waals surface area contributed by atoms with E-state index >= 15 is 0 Å². The number of amides is 2. The number of nitrogens with one attached hydrogen (secondary N) is 1. The van der Waals surface area contributed by atoms with Crippen LogP contribution >= 0.6 is 23.4 Å². The predicted octanol–water partition coefficient (Wildman–Crippen LogP) is 4.02. The minimum absolute atomic E-state index is 0.193. The van der Waals surface area contributed by atoms with Gasteiger partial charge in [-0.2, -0.15) is 0 Å². The first kappa shape index (κ1) is 20.9. The summed E-state index contributed by atoms with van der Waals surface area (Å²) in [6.45, 7) is 4.33. The molecule has 2 atom stereocenters. The summed E-state index contributed by atoms with van der Waals surface area (Å²) in [6.07, 6.45) is 0. The highest BCUT2D eigenvalue weighted by Crippen LogP contribution is 2.58. The Balaban J connectivity index is 1.64. The predicted molar refractivity (Wildman–Crippen MR) is 117 cm³/mol. The molecule has 1 N–H and O–H groups in total. The van der Waals surface area contributed by atoms with E-state index in [0.29, 0.717) is 28.6 Å². The van der Waals surface area contributed by atoms with Gasteiger partial charge in [0.25, 0.3) is 5.91 Å². The number of thioether (sulfide) groups is 1. The second-order valence-electron chi connectivity index (χ2n) is 7.80. The van der Waals surface area contributed by atoms with Gasteiger partial charge < -0.3 is 19.7 Å². The van der Waals surface area contributed by atoms with E-state index in [9.17, 15) is 9.59 Å². The Morgan fingerprint density at radius 1 is 1.23 bits per heavy atom. The van der Waals surface area contributed by atoms with Crippen molar-refractivity contribution in [3.05, 3.63) is 58.1 Å². The summed E-state index contributed by atoms with van der Waals surface area (Å²) in [4.78, 5) is 28.3. The van der Waals surface area contributed by atoms with Crippen LogP contribution in [0.5, 0.6) is 11.5 Å². The third-order valence-electron chi connectivity index (χ3n) is 5.50. The number of nitrogens with zero attached hydrogens (tertiary/aromatic N) is 1. The zero-order valence-corrected chi connectivity index (χ0v) is 18.8. The van der Waals surface area contributed by atoms with Gasteiger partial charge in [0.05, 0.1) is 19.8 Å². The lowest BCUT2D eigenvalue weighted by atomic mass is 10.0. The first-order valence-electron chi connectivity index (χ1n) is 9.56. The Hall–Kier alpha value is -2.38. The molecule has 158 valence electrons. The van der Waals surface area contributed by atoms with Gasteiger partial charge in [-0.25, -0.2) is 0 Å². The summed E-state index contributed by atoms with van der Waals surface area (Å²) in [5, 5.41) is 3.34. The van der Waals surface area contributed by atoms with Gasteiger partial charge in [-0.05, 0) is 37.6 Å². The van der Waals surface area contributed by atoms with E-state index in [2.05, 4.69) is 5.32 Å². The van der Waals surface area contributed by atoms with Crippen LogP contribution in [0.15, 0.2) is 36.4 Å². The average molecular weight is 447 g/mol. The fourth-order valence-electron chi connectivity index (χ4n) is 4.19. The standard InChI is InChI=1S/C22H23ClN2O4S/c1-22(2)18(19(26)24-11-12-6-5-7-13(23)10-12)25-20(27)16-14(21(25)30-22)8-9-15(28-3)17(16)29-4/h5-10,18,21H,11H2,1-4H3,(H,24,26). The van der Waals surface area contributed by atoms with E-state index < -0.39 is 10.8 Å².